The predicted octanol–water partition coefficient (Wildman–Crippen LogP) is 4.11. The van der Waals surface area contributed by atoms with Crippen LogP contribution in [-0.2, 0) is 10.1 Å². The van der Waals surface area contributed by atoms with Gasteiger partial charge in [0.1, 0.15) is 0 Å². The van der Waals surface area contributed by atoms with Crippen LogP contribution in [-0.4, -0.2) is 29.4 Å². The second kappa shape index (κ2) is 23.7. The van der Waals surface area contributed by atoms with E-state index in [1.807, 2.05) is 6.92 Å². The van der Waals surface area contributed by atoms with Crippen molar-refractivity contribution >= 4 is 10.1 Å². The molecule has 0 aromatic carbocycles. The van der Waals surface area contributed by atoms with Crippen LogP contribution in [0.1, 0.15) is 142 Å². The summed E-state index contributed by atoms with van der Waals surface area (Å²) in [4.78, 5) is 0. The number of unbranched alkanes of at least 4 members (excludes halogenated alkanes) is 16. The first-order valence-electron chi connectivity index (χ1n) is 12.5. The molecule has 0 aromatic heterocycles. The first kappa shape index (κ1) is 33.7. The Bertz CT molecular complexity index is 440. The Hall–Kier alpha value is 1.51. The summed E-state index contributed by atoms with van der Waals surface area (Å²) in [6, 6.07) is 0. The van der Waals surface area contributed by atoms with Gasteiger partial charge in [-0.3, -0.25) is 0 Å². The quantitative estimate of drug-likeness (QED) is 0.146. The van der Waals surface area contributed by atoms with Crippen molar-refractivity contribution in [1.82, 2.24) is 0 Å². The minimum absolute atomic E-state index is 0. The average molecular weight is 473 g/mol. The second-order valence-electron chi connectivity index (χ2n) is 8.96. The third-order valence-corrected chi connectivity index (χ3v) is 7.40. The van der Waals surface area contributed by atoms with Crippen molar-refractivity contribution in [3.63, 3.8) is 0 Å². The van der Waals surface area contributed by atoms with Crippen molar-refractivity contribution in [3.05, 3.63) is 0 Å². The minimum atomic E-state index is -4.10. The van der Waals surface area contributed by atoms with Crippen molar-refractivity contribution in [2.45, 2.75) is 154 Å². The molecule has 1 N–H and O–H groups in total. The van der Waals surface area contributed by atoms with Crippen LogP contribution in [0.3, 0.4) is 0 Å². The van der Waals surface area contributed by atoms with Gasteiger partial charge in [0.15, 0.2) is 0 Å². The molecule has 4 nitrogen and oxygen atoms in total. The number of rotatable bonds is 22. The fourth-order valence-corrected chi connectivity index (χ4v) is 4.88. The molecular weight excluding hydrogens is 423 g/mol. The van der Waals surface area contributed by atoms with E-state index in [-0.39, 0.29) is 57.5 Å². The Morgan fingerprint density at radius 2 is 0.900 bits per heavy atom. The minimum Gasteiger partial charge on any atom is -0.748 e. The van der Waals surface area contributed by atoms with Crippen LogP contribution in [0.25, 0.3) is 0 Å². The molecule has 6 heteroatoms. The second-order valence-corrected chi connectivity index (χ2v) is 10.6. The monoisotopic (exact) mass is 472 g/mol. The maximum Gasteiger partial charge on any atom is 1.00 e. The molecule has 176 valence electrons. The van der Waals surface area contributed by atoms with Crippen molar-refractivity contribution < 1.29 is 69.5 Å². The molecule has 0 aliphatic rings. The molecule has 0 aromatic rings. The molecule has 0 saturated carbocycles. The fraction of sp³-hybridized carbons (Fsp3) is 1.00. The zero-order valence-corrected chi connectivity index (χ0v) is 24.3. The molecule has 0 fully saturated rings. The molecule has 0 aliphatic heterocycles. The van der Waals surface area contributed by atoms with Gasteiger partial charge in [-0.2, -0.15) is 0 Å². The summed E-state index contributed by atoms with van der Waals surface area (Å²) >= 11 is 0. The molecule has 30 heavy (non-hydrogen) atoms. The smallest absolute Gasteiger partial charge is 0.748 e. The Morgan fingerprint density at radius 1 is 0.633 bits per heavy atom. The van der Waals surface area contributed by atoms with E-state index in [1.165, 1.54) is 89.9 Å². The van der Waals surface area contributed by atoms with Gasteiger partial charge in [0, 0.05) is 5.25 Å². The molecule has 0 amide bonds. The zero-order valence-electron chi connectivity index (χ0n) is 20.4. The van der Waals surface area contributed by atoms with Crippen molar-refractivity contribution in [1.29, 1.82) is 0 Å². The van der Waals surface area contributed by atoms with Gasteiger partial charge in [0.05, 0.1) is 16.2 Å². The van der Waals surface area contributed by atoms with E-state index in [0.717, 1.165) is 25.7 Å². The van der Waals surface area contributed by atoms with E-state index in [0.29, 0.717) is 12.8 Å². The third kappa shape index (κ3) is 24.2. The van der Waals surface area contributed by atoms with E-state index in [9.17, 15) is 18.1 Å². The maximum absolute atomic E-state index is 11.0. The molecule has 0 bridgehead atoms. The first-order valence-corrected chi connectivity index (χ1v) is 14.0. The molecule has 2 unspecified atom stereocenters. The molecule has 0 aliphatic carbocycles. The standard InChI is InChI=1S/C24H50O4S.K/c1-3-24(29(26,27)28)22-20-18-16-14-12-10-8-6-4-5-7-9-11-13-15-17-19-21-23(2)25;/h23-25H,3-22H2,1-2H3,(H,26,27,28);/q;+1/p-1. The van der Waals surface area contributed by atoms with Crippen molar-refractivity contribution in [3.8, 4) is 0 Å². The van der Waals surface area contributed by atoms with Crippen LogP contribution in [0.2, 0.25) is 0 Å². The van der Waals surface area contributed by atoms with Crippen LogP contribution < -0.4 is 51.4 Å². The topological polar surface area (TPSA) is 77.4 Å². The van der Waals surface area contributed by atoms with E-state index in [1.54, 1.807) is 6.92 Å². The molecule has 0 saturated heterocycles. The van der Waals surface area contributed by atoms with Gasteiger partial charge in [-0.1, -0.05) is 116 Å². The van der Waals surface area contributed by atoms with Crippen LogP contribution in [0.15, 0.2) is 0 Å². The molecular formula is C24H49KO4S. The molecule has 2 atom stereocenters. The van der Waals surface area contributed by atoms with Gasteiger partial charge < -0.3 is 9.66 Å². The van der Waals surface area contributed by atoms with Gasteiger partial charge in [-0.25, -0.2) is 8.42 Å². The van der Waals surface area contributed by atoms with Gasteiger partial charge in [-0.15, -0.1) is 0 Å². The van der Waals surface area contributed by atoms with E-state index >= 15 is 0 Å². The predicted molar refractivity (Wildman–Crippen MR) is 123 cm³/mol. The van der Waals surface area contributed by atoms with Crippen molar-refractivity contribution in [2.75, 3.05) is 0 Å². The Balaban J connectivity index is 0. The summed E-state index contributed by atoms with van der Waals surface area (Å²) in [6.07, 6.45) is 23.4. The Morgan fingerprint density at radius 3 is 1.13 bits per heavy atom. The third-order valence-electron chi connectivity index (χ3n) is 6.01. The molecule has 0 spiro atoms. The maximum atomic E-state index is 11.0. The first-order chi connectivity index (χ1) is 13.9. The largest absolute Gasteiger partial charge is 1.00 e. The Kier molecular flexibility index (Phi) is 26.6. The molecule has 0 heterocycles. The summed E-state index contributed by atoms with van der Waals surface area (Å²) in [5.74, 6) is 0. The number of aliphatic hydroxyl groups excluding tert-OH is 1. The molecule has 0 rings (SSSR count). The number of aliphatic hydroxyl groups is 1. The summed E-state index contributed by atoms with van der Waals surface area (Å²) in [5.41, 5.74) is 0. The summed E-state index contributed by atoms with van der Waals surface area (Å²) in [7, 11) is -4.10. The van der Waals surface area contributed by atoms with Crippen LogP contribution >= 0.6 is 0 Å². The Labute approximate surface area is 230 Å². The zero-order chi connectivity index (χ0) is 21.8. The van der Waals surface area contributed by atoms with Gasteiger partial charge in [0.2, 0.25) is 0 Å². The fourth-order valence-electron chi connectivity index (χ4n) is 4.02. The SMILES string of the molecule is CCC(CCCCCCCCCCCCCCCCCCCC(C)O)S(=O)(=O)[O-].[K+]. The summed E-state index contributed by atoms with van der Waals surface area (Å²) < 4.78 is 33.1. The van der Waals surface area contributed by atoms with E-state index < -0.39 is 15.4 Å². The van der Waals surface area contributed by atoms with E-state index in [2.05, 4.69) is 0 Å². The normalized spacial score (nSPS) is 13.7. The summed E-state index contributed by atoms with van der Waals surface area (Å²) in [6.45, 7) is 3.66. The van der Waals surface area contributed by atoms with Gasteiger partial charge >= 0.3 is 51.4 Å². The van der Waals surface area contributed by atoms with Gasteiger partial charge in [0.25, 0.3) is 0 Å². The van der Waals surface area contributed by atoms with Gasteiger partial charge in [-0.05, 0) is 26.2 Å². The molecule has 0 radical (unpaired) electrons. The van der Waals surface area contributed by atoms with Crippen LogP contribution in [0, 0.1) is 0 Å². The average Bonchev–Trinajstić information content (AvgIpc) is 2.65. The van der Waals surface area contributed by atoms with E-state index in [4.69, 9.17) is 0 Å². The number of hydrogen-bond acceptors (Lipinski definition) is 4. The number of hydrogen-bond donors (Lipinski definition) is 1. The van der Waals surface area contributed by atoms with Crippen LogP contribution in [0.5, 0.6) is 0 Å². The summed E-state index contributed by atoms with van der Waals surface area (Å²) in [5, 5.41) is 8.53. The van der Waals surface area contributed by atoms with Crippen molar-refractivity contribution in [2.24, 2.45) is 0 Å². The van der Waals surface area contributed by atoms with Crippen LogP contribution in [0.4, 0.5) is 0 Å².